The Balaban J connectivity index is 2.18. The van der Waals surface area contributed by atoms with E-state index < -0.39 is 23.5 Å². The van der Waals surface area contributed by atoms with E-state index in [1.807, 2.05) is 12.1 Å². The van der Waals surface area contributed by atoms with Gasteiger partial charge in [-0.1, -0.05) is 5.92 Å². The second kappa shape index (κ2) is 8.39. The number of ether oxygens (including phenoxy) is 1. The third-order valence-electron chi connectivity index (χ3n) is 3.41. The number of amides is 1. The lowest BCUT2D eigenvalue weighted by molar-refractivity contribution is -0.125. The van der Waals surface area contributed by atoms with Crippen LogP contribution in [0.3, 0.4) is 0 Å². The minimum absolute atomic E-state index is 0.475. The molecule has 2 rings (SSSR count). The molecule has 1 heterocycles. The number of hydrogen-bond donors (Lipinski definition) is 2. The molecule has 0 radical (unpaired) electrons. The largest absolute Gasteiger partial charge is 0.470 e. The van der Waals surface area contributed by atoms with Crippen molar-refractivity contribution in [2.24, 2.45) is 0 Å². The number of carbonyl (C=O) groups excluding carboxylic acids is 1. The Morgan fingerprint density at radius 2 is 2.24 bits per heavy atom. The van der Waals surface area contributed by atoms with Crippen LogP contribution in [-0.4, -0.2) is 39.8 Å². The van der Waals surface area contributed by atoms with Gasteiger partial charge in [0.1, 0.15) is 11.8 Å². The molecule has 6 nitrogen and oxygen atoms in total. The van der Waals surface area contributed by atoms with Crippen molar-refractivity contribution >= 4 is 28.6 Å². The molecule has 0 spiro atoms. The fraction of sp³-hybridized carbons (Fsp3) is 0.278. The van der Waals surface area contributed by atoms with Crippen LogP contribution in [0.1, 0.15) is 12.5 Å². The lowest BCUT2D eigenvalue weighted by atomic mass is 10.1. The number of fused-ring (bicyclic) bond motifs is 1. The molecule has 25 heavy (non-hydrogen) atoms. The fourth-order valence-corrected chi connectivity index (χ4v) is 2.57. The van der Waals surface area contributed by atoms with Gasteiger partial charge in [0, 0.05) is 17.1 Å². The van der Waals surface area contributed by atoms with Gasteiger partial charge in [0.05, 0.1) is 17.7 Å². The van der Waals surface area contributed by atoms with Gasteiger partial charge in [-0.05, 0) is 37.4 Å². The molecule has 2 aromatic rings. The van der Waals surface area contributed by atoms with Gasteiger partial charge in [0.15, 0.2) is 0 Å². The number of hydrogen-bond acceptors (Lipinski definition) is 6. The van der Waals surface area contributed by atoms with Crippen molar-refractivity contribution in [2.45, 2.75) is 24.5 Å². The highest BCUT2D eigenvalue weighted by Gasteiger charge is 2.24. The average molecular weight is 355 g/mol. The molecular formula is C18H17N3O3S. The monoisotopic (exact) mass is 355 g/mol. The summed E-state index contributed by atoms with van der Waals surface area (Å²) in [5.41, 5.74) is 0.545. The van der Waals surface area contributed by atoms with E-state index in [9.17, 15) is 9.90 Å². The lowest BCUT2D eigenvalue weighted by Gasteiger charge is -2.20. The Bertz CT molecular complexity index is 855. The number of pyridine rings is 1. The molecule has 7 heteroatoms. The standard InChI is InChI=1S/C18H17N3O3S/c1-4-12-7-13-8-14(5-6-15(13)20-10-12)24-18(25-3)17(23)21-16(9-19)11(2)22/h1,5-8,10-11,16,18,22H,2-3H3,(H,21,23). The maximum Gasteiger partial charge on any atom is 0.272 e. The molecule has 0 aliphatic rings. The van der Waals surface area contributed by atoms with Crippen molar-refractivity contribution in [2.75, 3.05) is 6.26 Å². The van der Waals surface area contributed by atoms with Crippen LogP contribution in [-0.2, 0) is 4.79 Å². The van der Waals surface area contributed by atoms with Crippen LogP contribution in [0.25, 0.3) is 10.9 Å². The number of rotatable bonds is 6. The van der Waals surface area contributed by atoms with Gasteiger partial charge in [-0.15, -0.1) is 18.2 Å². The molecule has 3 atom stereocenters. The number of nitrogens with one attached hydrogen (secondary N) is 1. The van der Waals surface area contributed by atoms with Crippen LogP contribution in [0.2, 0.25) is 0 Å². The van der Waals surface area contributed by atoms with E-state index >= 15 is 0 Å². The van der Waals surface area contributed by atoms with E-state index in [2.05, 4.69) is 16.2 Å². The number of benzene rings is 1. The fourth-order valence-electron chi connectivity index (χ4n) is 2.08. The predicted octanol–water partition coefficient (Wildman–Crippen LogP) is 1.67. The number of nitriles is 1. The third-order valence-corrected chi connectivity index (χ3v) is 4.15. The average Bonchev–Trinajstić information content (AvgIpc) is 2.62. The summed E-state index contributed by atoms with van der Waals surface area (Å²) in [6, 6.07) is 7.87. The molecule has 2 N–H and O–H groups in total. The Morgan fingerprint density at radius 1 is 1.48 bits per heavy atom. The van der Waals surface area contributed by atoms with Crippen molar-refractivity contribution in [1.29, 1.82) is 5.26 Å². The number of terminal acetylenes is 1. The van der Waals surface area contributed by atoms with Crippen molar-refractivity contribution in [3.8, 4) is 24.2 Å². The van der Waals surface area contributed by atoms with E-state index in [-0.39, 0.29) is 0 Å². The quantitative estimate of drug-likeness (QED) is 0.605. The highest BCUT2D eigenvalue weighted by molar-refractivity contribution is 7.99. The minimum atomic E-state index is -0.996. The Morgan fingerprint density at radius 3 is 2.84 bits per heavy atom. The highest BCUT2D eigenvalue weighted by Crippen LogP contribution is 2.23. The summed E-state index contributed by atoms with van der Waals surface area (Å²) in [7, 11) is 0. The van der Waals surface area contributed by atoms with Crippen LogP contribution in [0, 0.1) is 23.7 Å². The molecule has 0 fully saturated rings. The van der Waals surface area contributed by atoms with Gasteiger partial charge >= 0.3 is 0 Å². The molecule has 0 bridgehead atoms. The zero-order valence-electron chi connectivity index (χ0n) is 13.8. The lowest BCUT2D eigenvalue weighted by Crippen LogP contribution is -2.46. The van der Waals surface area contributed by atoms with Gasteiger partial charge in [0.25, 0.3) is 5.91 Å². The summed E-state index contributed by atoms with van der Waals surface area (Å²) >= 11 is 1.18. The van der Waals surface area contributed by atoms with Crippen LogP contribution >= 0.6 is 11.8 Å². The van der Waals surface area contributed by atoms with Gasteiger partial charge in [0.2, 0.25) is 5.44 Å². The Hall–Kier alpha value is -2.74. The van der Waals surface area contributed by atoms with E-state index in [4.69, 9.17) is 16.4 Å². The van der Waals surface area contributed by atoms with Crippen molar-refractivity contribution in [3.63, 3.8) is 0 Å². The molecule has 0 saturated heterocycles. The number of carbonyl (C=O) groups is 1. The summed E-state index contributed by atoms with van der Waals surface area (Å²) in [6.07, 6.45) is 7.72. The van der Waals surface area contributed by atoms with Crippen LogP contribution in [0.5, 0.6) is 5.75 Å². The zero-order valence-corrected chi connectivity index (χ0v) is 14.6. The van der Waals surface area contributed by atoms with Crippen molar-refractivity contribution in [3.05, 3.63) is 36.0 Å². The third kappa shape index (κ3) is 4.63. The minimum Gasteiger partial charge on any atom is -0.470 e. The maximum absolute atomic E-state index is 12.3. The predicted molar refractivity (Wildman–Crippen MR) is 96.8 cm³/mol. The van der Waals surface area contributed by atoms with E-state index in [1.54, 1.807) is 30.7 Å². The summed E-state index contributed by atoms with van der Waals surface area (Å²) in [5.74, 6) is 2.51. The highest BCUT2D eigenvalue weighted by atomic mass is 32.2. The van der Waals surface area contributed by atoms with Gasteiger partial charge < -0.3 is 15.2 Å². The summed E-state index contributed by atoms with van der Waals surface area (Å²) in [5, 5.41) is 21.7. The molecule has 0 aliphatic carbocycles. The topological polar surface area (TPSA) is 95.2 Å². The number of nitrogens with zero attached hydrogens (tertiary/aromatic N) is 2. The van der Waals surface area contributed by atoms with Crippen LogP contribution in [0.15, 0.2) is 30.5 Å². The van der Waals surface area contributed by atoms with E-state index in [0.29, 0.717) is 11.3 Å². The first-order chi connectivity index (χ1) is 12.0. The smallest absolute Gasteiger partial charge is 0.272 e. The Labute approximate surface area is 150 Å². The van der Waals surface area contributed by atoms with Crippen LogP contribution in [0.4, 0.5) is 0 Å². The molecule has 0 aliphatic heterocycles. The molecule has 1 aromatic carbocycles. The summed E-state index contributed by atoms with van der Waals surface area (Å²) < 4.78 is 5.71. The number of aromatic nitrogens is 1. The molecule has 1 aromatic heterocycles. The number of thioether (sulfide) groups is 1. The second-order valence-corrected chi connectivity index (χ2v) is 6.16. The van der Waals surface area contributed by atoms with Gasteiger partial charge in [-0.25, -0.2) is 0 Å². The van der Waals surface area contributed by atoms with Crippen molar-refractivity contribution < 1.29 is 14.6 Å². The van der Waals surface area contributed by atoms with E-state index in [0.717, 1.165) is 10.9 Å². The van der Waals surface area contributed by atoms with Crippen LogP contribution < -0.4 is 10.1 Å². The molecule has 3 unspecified atom stereocenters. The maximum atomic E-state index is 12.3. The molecule has 128 valence electrons. The van der Waals surface area contributed by atoms with E-state index in [1.165, 1.54) is 18.7 Å². The second-order valence-electron chi connectivity index (χ2n) is 5.26. The van der Waals surface area contributed by atoms with Gasteiger partial charge in [-0.2, -0.15) is 5.26 Å². The molecular weight excluding hydrogens is 338 g/mol. The zero-order chi connectivity index (χ0) is 18.4. The Kier molecular flexibility index (Phi) is 6.24. The number of aliphatic hydroxyl groups excluding tert-OH is 1. The summed E-state index contributed by atoms with van der Waals surface area (Å²) in [4.78, 5) is 16.5. The SMILES string of the molecule is C#Cc1cnc2ccc(OC(SC)C(=O)NC(C#N)C(C)O)cc2c1. The van der Waals surface area contributed by atoms with Crippen molar-refractivity contribution in [1.82, 2.24) is 10.3 Å². The first kappa shape index (κ1) is 18.6. The number of aliphatic hydroxyl groups is 1. The first-order valence-corrected chi connectivity index (χ1v) is 8.71. The normalized spacial score (nSPS) is 14.0. The van der Waals surface area contributed by atoms with Gasteiger partial charge in [-0.3, -0.25) is 9.78 Å². The summed E-state index contributed by atoms with van der Waals surface area (Å²) in [6.45, 7) is 1.43. The molecule has 0 saturated carbocycles. The first-order valence-electron chi connectivity index (χ1n) is 7.42. The molecule has 1 amide bonds.